The Bertz CT molecular complexity index is 1000. The SMILES string of the molecule is COc1nc(N2CCC3(CC2)CN2CC[C@@H](c4cc(F)cc(F)c4)N2C3=O)ncc1C. The fourth-order valence-corrected chi connectivity index (χ4v) is 5.14. The number of amides is 1. The highest BCUT2D eigenvalue weighted by Gasteiger charge is 2.56. The second-order valence-electron chi connectivity index (χ2n) is 8.67. The third-order valence-electron chi connectivity index (χ3n) is 6.79. The third-order valence-corrected chi connectivity index (χ3v) is 6.79. The molecule has 31 heavy (non-hydrogen) atoms. The Hall–Kier alpha value is -2.81. The van der Waals surface area contributed by atoms with Gasteiger partial charge in [-0.25, -0.2) is 18.8 Å². The van der Waals surface area contributed by atoms with Crippen molar-refractivity contribution < 1.29 is 18.3 Å². The Kier molecular flexibility index (Phi) is 4.80. The molecular formula is C22H25F2N5O2. The Morgan fingerprint density at radius 3 is 2.52 bits per heavy atom. The van der Waals surface area contributed by atoms with Crippen LogP contribution in [0.3, 0.4) is 0 Å². The molecule has 3 saturated heterocycles. The van der Waals surface area contributed by atoms with E-state index in [9.17, 15) is 13.6 Å². The van der Waals surface area contributed by atoms with Gasteiger partial charge in [-0.2, -0.15) is 4.98 Å². The summed E-state index contributed by atoms with van der Waals surface area (Å²) in [5.74, 6) is -0.00849. The molecule has 0 N–H and O–H groups in total. The van der Waals surface area contributed by atoms with Gasteiger partial charge < -0.3 is 9.64 Å². The largest absolute Gasteiger partial charge is 0.481 e. The Morgan fingerprint density at radius 1 is 1.13 bits per heavy atom. The maximum Gasteiger partial charge on any atom is 0.245 e. The first-order chi connectivity index (χ1) is 14.9. The maximum atomic E-state index is 13.8. The van der Waals surface area contributed by atoms with Crippen molar-refractivity contribution >= 4 is 11.9 Å². The Balaban J connectivity index is 1.33. The van der Waals surface area contributed by atoms with Crippen molar-refractivity contribution in [3.63, 3.8) is 0 Å². The summed E-state index contributed by atoms with van der Waals surface area (Å²) in [6, 6.07) is 3.21. The molecule has 1 aromatic carbocycles. The van der Waals surface area contributed by atoms with E-state index in [1.54, 1.807) is 18.3 Å². The number of aryl methyl sites for hydroxylation is 1. The molecular weight excluding hydrogens is 404 g/mol. The first-order valence-electron chi connectivity index (χ1n) is 10.6. The molecule has 3 aliphatic heterocycles. The van der Waals surface area contributed by atoms with Gasteiger partial charge in [-0.15, -0.1) is 0 Å². The zero-order valence-electron chi connectivity index (χ0n) is 17.6. The van der Waals surface area contributed by atoms with Crippen LogP contribution in [0.4, 0.5) is 14.7 Å². The molecule has 7 nitrogen and oxygen atoms in total. The van der Waals surface area contributed by atoms with Crippen molar-refractivity contribution in [1.29, 1.82) is 0 Å². The van der Waals surface area contributed by atoms with Gasteiger partial charge in [0.1, 0.15) is 11.6 Å². The first kappa shape index (κ1) is 20.1. The van der Waals surface area contributed by atoms with Crippen LogP contribution in [0, 0.1) is 24.0 Å². The standard InChI is InChI=1S/C22H25F2N5O2/c1-14-12-25-21(26-19(14)31-2)27-7-4-22(5-8-27)13-28-6-3-18(29(28)20(22)30)15-9-16(23)11-17(24)10-15/h9-12,18H,3-8,13H2,1-2H3/t18-/m0/s1. The topological polar surface area (TPSA) is 61.8 Å². The lowest BCUT2D eigenvalue weighted by Gasteiger charge is -2.37. The number of ether oxygens (including phenoxy) is 1. The summed E-state index contributed by atoms with van der Waals surface area (Å²) in [7, 11) is 1.59. The van der Waals surface area contributed by atoms with E-state index in [4.69, 9.17) is 4.74 Å². The zero-order valence-corrected chi connectivity index (χ0v) is 17.6. The van der Waals surface area contributed by atoms with Gasteiger partial charge in [0.25, 0.3) is 0 Å². The predicted molar refractivity (Wildman–Crippen MR) is 109 cm³/mol. The van der Waals surface area contributed by atoms with Crippen molar-refractivity contribution in [2.24, 2.45) is 5.41 Å². The van der Waals surface area contributed by atoms with Crippen LogP contribution in [0.1, 0.15) is 36.4 Å². The molecule has 1 atom stereocenters. The number of fused-ring (bicyclic) bond motifs is 1. The number of benzene rings is 1. The van der Waals surface area contributed by atoms with Gasteiger partial charge in [-0.05, 0) is 43.9 Å². The number of halogens is 2. The van der Waals surface area contributed by atoms with Gasteiger partial charge in [0.15, 0.2) is 0 Å². The van der Waals surface area contributed by atoms with Crippen LogP contribution in [-0.2, 0) is 4.79 Å². The predicted octanol–water partition coefficient (Wildman–Crippen LogP) is 2.86. The highest BCUT2D eigenvalue weighted by atomic mass is 19.1. The number of hydrogen-bond acceptors (Lipinski definition) is 6. The van der Waals surface area contributed by atoms with E-state index in [-0.39, 0.29) is 11.9 Å². The minimum Gasteiger partial charge on any atom is -0.481 e. The molecule has 1 amide bonds. The maximum absolute atomic E-state index is 13.8. The summed E-state index contributed by atoms with van der Waals surface area (Å²) in [4.78, 5) is 24.5. The fourth-order valence-electron chi connectivity index (χ4n) is 5.14. The van der Waals surface area contributed by atoms with Crippen molar-refractivity contribution in [1.82, 2.24) is 20.0 Å². The highest BCUT2D eigenvalue weighted by Crippen LogP contribution is 2.47. The molecule has 9 heteroatoms. The lowest BCUT2D eigenvalue weighted by atomic mass is 9.78. The average Bonchev–Trinajstić information content (AvgIpc) is 3.27. The molecule has 1 spiro atoms. The van der Waals surface area contributed by atoms with Gasteiger partial charge in [0.2, 0.25) is 17.7 Å². The van der Waals surface area contributed by atoms with Crippen molar-refractivity contribution in [2.75, 3.05) is 38.2 Å². The number of methoxy groups -OCH3 is 1. The number of hydrogen-bond donors (Lipinski definition) is 0. The minimum atomic E-state index is -0.614. The van der Waals surface area contributed by atoms with E-state index < -0.39 is 17.0 Å². The molecule has 3 aliphatic rings. The van der Waals surface area contributed by atoms with E-state index in [1.807, 2.05) is 6.92 Å². The Labute approximate surface area is 179 Å². The second-order valence-corrected chi connectivity index (χ2v) is 8.67. The third kappa shape index (κ3) is 3.31. The summed E-state index contributed by atoms with van der Waals surface area (Å²) in [5, 5.41) is 3.80. The molecule has 0 radical (unpaired) electrons. The average molecular weight is 429 g/mol. The van der Waals surface area contributed by atoms with Crippen LogP contribution in [0.15, 0.2) is 24.4 Å². The van der Waals surface area contributed by atoms with E-state index in [0.29, 0.717) is 62.8 Å². The first-order valence-corrected chi connectivity index (χ1v) is 10.6. The van der Waals surface area contributed by atoms with Gasteiger partial charge in [-0.1, -0.05) is 0 Å². The number of nitrogens with zero attached hydrogens (tertiary/aromatic N) is 5. The number of carbonyl (C=O) groups is 1. The molecule has 0 unspecified atom stereocenters. The van der Waals surface area contributed by atoms with E-state index >= 15 is 0 Å². The molecule has 5 rings (SSSR count). The van der Waals surface area contributed by atoms with Crippen LogP contribution >= 0.6 is 0 Å². The lowest BCUT2D eigenvalue weighted by Crippen LogP contribution is -2.46. The number of hydrazine groups is 1. The molecule has 2 aromatic rings. The number of rotatable bonds is 3. The highest BCUT2D eigenvalue weighted by molar-refractivity contribution is 5.85. The number of aromatic nitrogens is 2. The molecule has 4 heterocycles. The number of anilines is 1. The number of carbonyl (C=O) groups excluding carboxylic acids is 1. The van der Waals surface area contributed by atoms with E-state index in [2.05, 4.69) is 19.9 Å². The molecule has 1 aromatic heterocycles. The van der Waals surface area contributed by atoms with E-state index in [0.717, 1.165) is 11.6 Å². The van der Waals surface area contributed by atoms with E-state index in [1.165, 1.54) is 12.1 Å². The monoisotopic (exact) mass is 429 g/mol. The lowest BCUT2D eigenvalue weighted by molar-refractivity contribution is -0.143. The fraction of sp³-hybridized carbons (Fsp3) is 0.500. The van der Waals surface area contributed by atoms with Crippen LogP contribution in [0.25, 0.3) is 0 Å². The van der Waals surface area contributed by atoms with Gasteiger partial charge in [-0.3, -0.25) is 9.80 Å². The Morgan fingerprint density at radius 2 is 1.84 bits per heavy atom. The summed E-state index contributed by atoms with van der Waals surface area (Å²) >= 11 is 0. The zero-order chi connectivity index (χ0) is 21.8. The van der Waals surface area contributed by atoms with Crippen LogP contribution in [0.2, 0.25) is 0 Å². The van der Waals surface area contributed by atoms with Crippen LogP contribution in [0.5, 0.6) is 5.88 Å². The van der Waals surface area contributed by atoms with Gasteiger partial charge in [0.05, 0.1) is 18.6 Å². The molecule has 164 valence electrons. The van der Waals surface area contributed by atoms with Gasteiger partial charge >= 0.3 is 0 Å². The summed E-state index contributed by atoms with van der Waals surface area (Å²) in [5.41, 5.74) is 0.914. The summed E-state index contributed by atoms with van der Waals surface area (Å²) < 4.78 is 32.8. The van der Waals surface area contributed by atoms with Crippen LogP contribution in [-0.4, -0.2) is 59.2 Å². The normalized spacial score (nSPS) is 23.0. The molecule has 0 saturated carbocycles. The summed E-state index contributed by atoms with van der Waals surface area (Å²) in [6.07, 6.45) is 3.79. The quantitative estimate of drug-likeness (QED) is 0.748. The van der Waals surface area contributed by atoms with Crippen molar-refractivity contribution in [3.05, 3.63) is 47.2 Å². The minimum absolute atomic E-state index is 0.0572. The molecule has 3 fully saturated rings. The second kappa shape index (κ2) is 7.40. The smallest absolute Gasteiger partial charge is 0.245 e. The summed E-state index contributed by atoms with van der Waals surface area (Å²) in [6.45, 7) is 4.58. The molecule has 0 aliphatic carbocycles. The van der Waals surface area contributed by atoms with Gasteiger partial charge in [0, 0.05) is 44.0 Å². The van der Waals surface area contributed by atoms with Crippen molar-refractivity contribution in [3.8, 4) is 5.88 Å². The van der Waals surface area contributed by atoms with Crippen molar-refractivity contribution in [2.45, 2.75) is 32.2 Å². The molecule has 0 bridgehead atoms. The van der Waals surface area contributed by atoms with Crippen LogP contribution < -0.4 is 9.64 Å². The number of piperidine rings is 1.